The Labute approximate surface area is 181 Å². The maximum absolute atomic E-state index is 6.09. The van der Waals surface area contributed by atoms with Crippen molar-refractivity contribution in [1.82, 2.24) is 5.16 Å². The number of rotatable bonds is 4. The van der Waals surface area contributed by atoms with Crippen molar-refractivity contribution in [2.24, 2.45) is 0 Å². The molecule has 0 aliphatic rings. The number of halogens is 3. The van der Waals surface area contributed by atoms with E-state index in [0.717, 1.165) is 26.7 Å². The van der Waals surface area contributed by atoms with Crippen LogP contribution in [-0.2, 0) is 0 Å². The summed E-state index contributed by atoms with van der Waals surface area (Å²) in [5.74, 6) is 0.697. The molecular weight excluding hydrogens is 457 g/mol. The normalized spacial score (nSPS) is 11.2. The van der Waals surface area contributed by atoms with E-state index in [4.69, 9.17) is 27.7 Å². The third-order valence-electron chi connectivity index (χ3n) is 4.28. The van der Waals surface area contributed by atoms with Crippen LogP contribution in [0.1, 0.15) is 11.1 Å². The first-order valence-corrected chi connectivity index (χ1v) is 10.1. The molecule has 4 rings (SSSR count). The zero-order valence-corrected chi connectivity index (χ0v) is 17.7. The van der Waals surface area contributed by atoms with Crippen molar-refractivity contribution in [3.05, 3.63) is 98.4 Å². The van der Waals surface area contributed by atoms with E-state index in [9.17, 15) is 0 Å². The summed E-state index contributed by atoms with van der Waals surface area (Å²) >= 11 is 15.6. The molecule has 28 heavy (non-hydrogen) atoms. The molecule has 1 aromatic heterocycles. The van der Waals surface area contributed by atoms with Gasteiger partial charge >= 0.3 is 0 Å². The first-order chi connectivity index (χ1) is 13.6. The standard InChI is InChI=1S/C23H14BrCl2NO/c24-19-4-2-1-3-16(19)8-5-15-6-9-17(10-7-15)23-14-22(27-28-23)18-11-12-20(25)21(26)13-18/h1-14H. The van der Waals surface area contributed by atoms with E-state index in [-0.39, 0.29) is 0 Å². The summed E-state index contributed by atoms with van der Waals surface area (Å²) < 4.78 is 6.58. The van der Waals surface area contributed by atoms with Crippen molar-refractivity contribution < 1.29 is 4.52 Å². The molecule has 0 bridgehead atoms. The minimum absolute atomic E-state index is 0.491. The first kappa shape index (κ1) is 19.0. The van der Waals surface area contributed by atoms with Crippen molar-refractivity contribution in [3.63, 3.8) is 0 Å². The van der Waals surface area contributed by atoms with Gasteiger partial charge in [0.1, 0.15) is 5.69 Å². The van der Waals surface area contributed by atoms with E-state index in [1.54, 1.807) is 12.1 Å². The van der Waals surface area contributed by atoms with Gasteiger partial charge in [0.25, 0.3) is 0 Å². The van der Waals surface area contributed by atoms with E-state index < -0.39 is 0 Å². The van der Waals surface area contributed by atoms with Crippen molar-refractivity contribution in [1.29, 1.82) is 0 Å². The Balaban J connectivity index is 1.54. The third kappa shape index (κ3) is 4.22. The second-order valence-corrected chi connectivity index (χ2v) is 7.85. The van der Waals surface area contributed by atoms with E-state index in [0.29, 0.717) is 21.5 Å². The number of hydrogen-bond acceptors (Lipinski definition) is 2. The zero-order chi connectivity index (χ0) is 19.5. The summed E-state index contributed by atoms with van der Waals surface area (Å²) in [4.78, 5) is 0. The summed E-state index contributed by atoms with van der Waals surface area (Å²) in [6.07, 6.45) is 4.15. The van der Waals surface area contributed by atoms with Crippen LogP contribution in [0.5, 0.6) is 0 Å². The Bertz CT molecular complexity index is 1150. The van der Waals surface area contributed by atoms with Gasteiger partial charge in [-0.05, 0) is 29.3 Å². The highest BCUT2D eigenvalue weighted by molar-refractivity contribution is 9.10. The highest BCUT2D eigenvalue weighted by Gasteiger charge is 2.10. The van der Waals surface area contributed by atoms with Gasteiger partial charge in [0.05, 0.1) is 10.0 Å². The Hall–Kier alpha value is -2.33. The van der Waals surface area contributed by atoms with Crippen LogP contribution in [0.15, 0.2) is 81.8 Å². The Morgan fingerprint density at radius 1 is 0.786 bits per heavy atom. The van der Waals surface area contributed by atoms with Gasteiger partial charge in [-0.3, -0.25) is 0 Å². The highest BCUT2D eigenvalue weighted by atomic mass is 79.9. The highest BCUT2D eigenvalue weighted by Crippen LogP contribution is 2.31. The Morgan fingerprint density at radius 3 is 2.29 bits per heavy atom. The average molecular weight is 471 g/mol. The van der Waals surface area contributed by atoms with Crippen molar-refractivity contribution in [2.75, 3.05) is 0 Å². The zero-order valence-electron chi connectivity index (χ0n) is 14.6. The smallest absolute Gasteiger partial charge is 0.167 e. The predicted molar refractivity (Wildman–Crippen MR) is 120 cm³/mol. The van der Waals surface area contributed by atoms with Gasteiger partial charge in [-0.15, -0.1) is 0 Å². The van der Waals surface area contributed by atoms with Gasteiger partial charge in [-0.1, -0.05) is 105 Å². The van der Waals surface area contributed by atoms with Crippen LogP contribution < -0.4 is 0 Å². The lowest BCUT2D eigenvalue weighted by Crippen LogP contribution is -1.78. The first-order valence-electron chi connectivity index (χ1n) is 8.55. The molecular formula is C23H14BrCl2NO. The SMILES string of the molecule is Clc1ccc(-c2cc(-c3ccc(C=Cc4ccccc4Br)cc3)on2)cc1Cl. The summed E-state index contributed by atoms with van der Waals surface area (Å²) in [5.41, 5.74) is 4.76. The fourth-order valence-electron chi connectivity index (χ4n) is 2.76. The topological polar surface area (TPSA) is 26.0 Å². The molecule has 3 aromatic carbocycles. The molecule has 0 atom stereocenters. The van der Waals surface area contributed by atoms with Crippen LogP contribution in [-0.4, -0.2) is 5.16 Å². The number of aromatic nitrogens is 1. The maximum atomic E-state index is 6.09. The molecule has 0 fully saturated rings. The minimum Gasteiger partial charge on any atom is -0.356 e. The van der Waals surface area contributed by atoms with Gasteiger partial charge in [0.15, 0.2) is 5.76 Å². The summed E-state index contributed by atoms with van der Waals surface area (Å²) in [6.45, 7) is 0. The molecule has 0 N–H and O–H groups in total. The van der Waals surface area contributed by atoms with Gasteiger partial charge in [-0.25, -0.2) is 0 Å². The Kier molecular flexibility index (Phi) is 5.67. The molecule has 0 aliphatic carbocycles. The molecule has 0 spiro atoms. The molecule has 0 saturated heterocycles. The van der Waals surface area contributed by atoms with Crippen molar-refractivity contribution in [2.45, 2.75) is 0 Å². The van der Waals surface area contributed by atoms with Crippen LogP contribution in [0.2, 0.25) is 10.0 Å². The van der Waals surface area contributed by atoms with Gasteiger partial charge < -0.3 is 4.52 Å². The van der Waals surface area contributed by atoms with Crippen LogP contribution in [0.4, 0.5) is 0 Å². The second kappa shape index (κ2) is 8.36. The van der Waals surface area contributed by atoms with Crippen LogP contribution >= 0.6 is 39.1 Å². The molecule has 0 unspecified atom stereocenters. The molecule has 2 nitrogen and oxygen atoms in total. The minimum atomic E-state index is 0.491. The predicted octanol–water partition coefficient (Wildman–Crippen LogP) is 8.25. The second-order valence-electron chi connectivity index (χ2n) is 6.18. The lowest BCUT2D eigenvalue weighted by molar-refractivity contribution is 0.435. The molecule has 138 valence electrons. The summed E-state index contributed by atoms with van der Waals surface area (Å²) in [5, 5.41) is 5.15. The fraction of sp³-hybridized carbons (Fsp3) is 0. The number of nitrogens with zero attached hydrogens (tertiary/aromatic N) is 1. The average Bonchev–Trinajstić information content (AvgIpc) is 3.20. The summed E-state index contributed by atoms with van der Waals surface area (Å²) in [7, 11) is 0. The van der Waals surface area contributed by atoms with Crippen LogP contribution in [0, 0.1) is 0 Å². The molecule has 1 heterocycles. The van der Waals surface area contributed by atoms with E-state index in [1.807, 2.05) is 54.6 Å². The van der Waals surface area contributed by atoms with Crippen molar-refractivity contribution in [3.8, 4) is 22.6 Å². The number of hydrogen-bond donors (Lipinski definition) is 0. The van der Waals surface area contributed by atoms with Crippen LogP contribution in [0.3, 0.4) is 0 Å². The molecule has 4 aromatic rings. The van der Waals surface area contributed by atoms with E-state index in [1.165, 1.54) is 0 Å². The summed E-state index contributed by atoms with van der Waals surface area (Å²) in [6, 6.07) is 23.5. The largest absolute Gasteiger partial charge is 0.356 e. The molecule has 0 saturated carbocycles. The van der Waals surface area contributed by atoms with Crippen LogP contribution in [0.25, 0.3) is 34.7 Å². The van der Waals surface area contributed by atoms with Gasteiger partial charge in [0, 0.05) is 21.7 Å². The van der Waals surface area contributed by atoms with E-state index >= 15 is 0 Å². The van der Waals surface area contributed by atoms with Crippen molar-refractivity contribution >= 4 is 51.3 Å². The van der Waals surface area contributed by atoms with Gasteiger partial charge in [-0.2, -0.15) is 0 Å². The fourth-order valence-corrected chi connectivity index (χ4v) is 3.47. The quantitative estimate of drug-likeness (QED) is 0.280. The Morgan fingerprint density at radius 2 is 1.54 bits per heavy atom. The number of benzene rings is 3. The lowest BCUT2D eigenvalue weighted by Gasteiger charge is -1.99. The molecule has 5 heteroatoms. The molecule has 0 aliphatic heterocycles. The maximum Gasteiger partial charge on any atom is 0.167 e. The molecule has 0 radical (unpaired) electrons. The monoisotopic (exact) mass is 469 g/mol. The van der Waals surface area contributed by atoms with E-state index in [2.05, 4.69) is 39.3 Å². The lowest BCUT2D eigenvalue weighted by atomic mass is 10.1. The third-order valence-corrected chi connectivity index (χ3v) is 5.74. The molecule has 0 amide bonds. The van der Waals surface area contributed by atoms with Gasteiger partial charge in [0.2, 0.25) is 0 Å².